The van der Waals surface area contributed by atoms with Crippen LogP contribution < -0.4 is 5.73 Å². The SMILES string of the molecule is CC(O)CO.CCCOC(N)=O. The van der Waals surface area contributed by atoms with Crippen molar-refractivity contribution in [1.82, 2.24) is 0 Å². The van der Waals surface area contributed by atoms with E-state index in [1.165, 1.54) is 6.92 Å². The highest BCUT2D eigenvalue weighted by molar-refractivity contribution is 5.64. The Morgan fingerprint density at radius 1 is 1.67 bits per heavy atom. The molecule has 0 aliphatic carbocycles. The zero-order valence-corrected chi connectivity index (χ0v) is 7.49. The van der Waals surface area contributed by atoms with Crippen molar-refractivity contribution >= 4 is 6.09 Å². The van der Waals surface area contributed by atoms with Crippen LogP contribution in [0.25, 0.3) is 0 Å². The lowest BCUT2D eigenvalue weighted by Gasteiger charge is -1.93. The number of ether oxygens (including phenoxy) is 1. The van der Waals surface area contributed by atoms with E-state index in [-0.39, 0.29) is 6.61 Å². The van der Waals surface area contributed by atoms with Crippen LogP contribution in [-0.4, -0.2) is 35.6 Å². The fourth-order valence-corrected chi connectivity index (χ4v) is 0.203. The normalized spacial score (nSPS) is 11.0. The number of amides is 1. The number of primary amides is 1. The maximum absolute atomic E-state index is 9.76. The van der Waals surface area contributed by atoms with Gasteiger partial charge in [0.15, 0.2) is 0 Å². The molecule has 1 unspecified atom stereocenters. The van der Waals surface area contributed by atoms with E-state index in [1.54, 1.807) is 0 Å². The van der Waals surface area contributed by atoms with Crippen molar-refractivity contribution in [2.45, 2.75) is 26.4 Å². The molecule has 0 saturated heterocycles. The highest BCUT2D eigenvalue weighted by atomic mass is 16.5. The molecule has 5 nitrogen and oxygen atoms in total. The minimum Gasteiger partial charge on any atom is -0.450 e. The number of carbonyl (C=O) groups excluding carboxylic acids is 1. The molecule has 0 radical (unpaired) electrons. The molecule has 1 amide bonds. The molecule has 12 heavy (non-hydrogen) atoms. The van der Waals surface area contributed by atoms with E-state index >= 15 is 0 Å². The van der Waals surface area contributed by atoms with Gasteiger partial charge in [-0.1, -0.05) is 6.92 Å². The van der Waals surface area contributed by atoms with E-state index in [2.05, 4.69) is 10.5 Å². The third-order valence-corrected chi connectivity index (χ3v) is 0.713. The van der Waals surface area contributed by atoms with Gasteiger partial charge in [-0.2, -0.15) is 0 Å². The maximum atomic E-state index is 9.76. The minimum absolute atomic E-state index is 0.139. The highest BCUT2D eigenvalue weighted by Gasteiger charge is 1.86. The first-order valence-corrected chi connectivity index (χ1v) is 3.75. The number of hydrogen-bond donors (Lipinski definition) is 3. The van der Waals surface area contributed by atoms with Crippen LogP contribution >= 0.6 is 0 Å². The smallest absolute Gasteiger partial charge is 0.404 e. The molecule has 0 heterocycles. The van der Waals surface area contributed by atoms with Gasteiger partial charge in [0.05, 0.1) is 19.3 Å². The van der Waals surface area contributed by atoms with E-state index < -0.39 is 12.2 Å². The molecular formula is C7H17NO4. The van der Waals surface area contributed by atoms with E-state index in [9.17, 15) is 4.79 Å². The Bertz CT molecular complexity index is 106. The summed E-state index contributed by atoms with van der Waals surface area (Å²) < 4.78 is 4.33. The second kappa shape index (κ2) is 10.2. The average Bonchev–Trinajstić information content (AvgIpc) is 2.02. The number of carbonyl (C=O) groups is 1. The summed E-state index contributed by atoms with van der Waals surface area (Å²) in [5.41, 5.74) is 4.62. The van der Waals surface area contributed by atoms with Crippen LogP contribution in [0, 0.1) is 0 Å². The zero-order valence-electron chi connectivity index (χ0n) is 7.49. The first-order valence-electron chi connectivity index (χ1n) is 3.75. The Labute approximate surface area is 72.1 Å². The molecule has 0 rings (SSSR count). The Morgan fingerprint density at radius 2 is 2.08 bits per heavy atom. The summed E-state index contributed by atoms with van der Waals surface area (Å²) >= 11 is 0. The molecule has 74 valence electrons. The van der Waals surface area contributed by atoms with Gasteiger partial charge in [0.1, 0.15) is 0 Å². The van der Waals surface area contributed by atoms with Gasteiger partial charge in [-0.15, -0.1) is 0 Å². The Morgan fingerprint density at radius 3 is 2.17 bits per heavy atom. The third-order valence-electron chi connectivity index (χ3n) is 0.713. The highest BCUT2D eigenvalue weighted by Crippen LogP contribution is 1.76. The lowest BCUT2D eigenvalue weighted by Crippen LogP contribution is -2.12. The van der Waals surface area contributed by atoms with Crippen LogP contribution in [0.5, 0.6) is 0 Å². The fraction of sp³-hybridized carbons (Fsp3) is 0.857. The van der Waals surface area contributed by atoms with Crippen molar-refractivity contribution in [3.05, 3.63) is 0 Å². The second-order valence-corrected chi connectivity index (χ2v) is 2.20. The van der Waals surface area contributed by atoms with Crippen LogP contribution in [0.15, 0.2) is 0 Å². The summed E-state index contributed by atoms with van der Waals surface area (Å²) in [6.45, 7) is 3.72. The summed E-state index contributed by atoms with van der Waals surface area (Å²) in [4.78, 5) is 9.76. The fourth-order valence-electron chi connectivity index (χ4n) is 0.203. The molecule has 0 aromatic rings. The van der Waals surface area contributed by atoms with Crippen LogP contribution in [0.1, 0.15) is 20.3 Å². The Balaban J connectivity index is 0. The summed E-state index contributed by atoms with van der Waals surface area (Å²) in [7, 11) is 0. The van der Waals surface area contributed by atoms with E-state index in [4.69, 9.17) is 10.2 Å². The van der Waals surface area contributed by atoms with Crippen molar-refractivity contribution < 1.29 is 19.7 Å². The predicted octanol–water partition coefficient (Wildman–Crippen LogP) is -0.149. The molecule has 0 aromatic carbocycles. The van der Waals surface area contributed by atoms with Gasteiger partial charge in [-0.3, -0.25) is 0 Å². The van der Waals surface area contributed by atoms with Crippen LogP contribution in [0.3, 0.4) is 0 Å². The summed E-state index contributed by atoms with van der Waals surface area (Å²) in [5.74, 6) is 0. The number of rotatable bonds is 3. The van der Waals surface area contributed by atoms with Gasteiger partial charge in [0.2, 0.25) is 0 Å². The van der Waals surface area contributed by atoms with Crippen molar-refractivity contribution in [2.24, 2.45) is 5.73 Å². The van der Waals surface area contributed by atoms with E-state index in [1.807, 2.05) is 6.92 Å². The predicted molar refractivity (Wildman–Crippen MR) is 44.6 cm³/mol. The number of aliphatic hydroxyl groups excluding tert-OH is 2. The van der Waals surface area contributed by atoms with Gasteiger partial charge in [0, 0.05) is 0 Å². The van der Waals surface area contributed by atoms with Gasteiger partial charge >= 0.3 is 6.09 Å². The maximum Gasteiger partial charge on any atom is 0.404 e. The summed E-state index contributed by atoms with van der Waals surface area (Å²) in [6.07, 6.45) is -0.431. The summed E-state index contributed by atoms with van der Waals surface area (Å²) in [5, 5.41) is 16.0. The molecule has 0 spiro atoms. The second-order valence-electron chi connectivity index (χ2n) is 2.20. The van der Waals surface area contributed by atoms with Crippen LogP contribution in [-0.2, 0) is 4.74 Å². The van der Waals surface area contributed by atoms with Gasteiger partial charge in [0.25, 0.3) is 0 Å². The van der Waals surface area contributed by atoms with Gasteiger partial charge < -0.3 is 20.7 Å². The quantitative estimate of drug-likeness (QED) is 0.561. The minimum atomic E-state index is -0.693. The van der Waals surface area contributed by atoms with Crippen molar-refractivity contribution in [1.29, 1.82) is 0 Å². The van der Waals surface area contributed by atoms with E-state index in [0.29, 0.717) is 6.61 Å². The Hall–Kier alpha value is -0.810. The standard InChI is InChI=1S/C4H9NO2.C3H8O2/c1-2-3-7-4(5)6;1-3(5)2-4/h2-3H2,1H3,(H2,5,6);3-5H,2H2,1H3. The monoisotopic (exact) mass is 179 g/mol. The van der Waals surface area contributed by atoms with Gasteiger partial charge in [-0.25, -0.2) is 4.79 Å². The third kappa shape index (κ3) is 22.9. The number of nitrogens with two attached hydrogens (primary N) is 1. The molecule has 1 atom stereocenters. The molecule has 0 saturated carbocycles. The van der Waals surface area contributed by atoms with Crippen molar-refractivity contribution in [3.8, 4) is 0 Å². The first-order chi connectivity index (χ1) is 5.54. The van der Waals surface area contributed by atoms with Crippen LogP contribution in [0.2, 0.25) is 0 Å². The van der Waals surface area contributed by atoms with Crippen LogP contribution in [0.4, 0.5) is 4.79 Å². The topological polar surface area (TPSA) is 92.8 Å². The molecule has 0 bridgehead atoms. The lowest BCUT2D eigenvalue weighted by atomic mass is 10.5. The molecule has 5 heteroatoms. The molecule has 0 aliphatic rings. The molecular weight excluding hydrogens is 162 g/mol. The van der Waals surface area contributed by atoms with Gasteiger partial charge in [-0.05, 0) is 13.3 Å². The zero-order chi connectivity index (χ0) is 9.98. The van der Waals surface area contributed by atoms with Crippen molar-refractivity contribution in [3.63, 3.8) is 0 Å². The molecule has 4 N–H and O–H groups in total. The molecule has 0 aromatic heterocycles. The Kier molecular flexibility index (Phi) is 11.7. The van der Waals surface area contributed by atoms with Crippen molar-refractivity contribution in [2.75, 3.05) is 13.2 Å². The number of aliphatic hydroxyl groups is 2. The van der Waals surface area contributed by atoms with E-state index in [0.717, 1.165) is 6.42 Å². The molecule has 0 fully saturated rings. The number of hydrogen-bond acceptors (Lipinski definition) is 4. The lowest BCUT2D eigenvalue weighted by molar-refractivity contribution is 0.110. The average molecular weight is 179 g/mol. The summed E-state index contributed by atoms with van der Waals surface area (Å²) in [6, 6.07) is 0. The largest absolute Gasteiger partial charge is 0.450 e. The molecule has 0 aliphatic heterocycles. The first kappa shape index (κ1) is 13.8.